The summed E-state index contributed by atoms with van der Waals surface area (Å²) in [6.07, 6.45) is -1.83. The molecule has 4 nitrogen and oxygen atoms in total. The molecular formula is C11H6Br2F3N3O. The Morgan fingerprint density at radius 2 is 1.90 bits per heavy atom. The quantitative estimate of drug-likeness (QED) is 0.797. The van der Waals surface area contributed by atoms with Gasteiger partial charge in [-0.3, -0.25) is 0 Å². The molecule has 0 aliphatic heterocycles. The van der Waals surface area contributed by atoms with E-state index in [4.69, 9.17) is 0 Å². The Bertz CT molecular complexity index is 622. The van der Waals surface area contributed by atoms with Crippen LogP contribution in [0.4, 0.5) is 24.7 Å². The molecular weight excluding hydrogens is 407 g/mol. The minimum absolute atomic E-state index is 0.171. The van der Waals surface area contributed by atoms with E-state index in [-0.39, 0.29) is 10.2 Å². The summed E-state index contributed by atoms with van der Waals surface area (Å²) in [5.41, 5.74) is 0.547. The van der Waals surface area contributed by atoms with Gasteiger partial charge in [0.25, 0.3) is 0 Å². The van der Waals surface area contributed by atoms with Crippen molar-refractivity contribution in [2.24, 2.45) is 0 Å². The smallest absolute Gasteiger partial charge is 0.405 e. The van der Waals surface area contributed by atoms with E-state index in [2.05, 4.69) is 51.9 Å². The number of nitrogens with zero attached hydrogens (tertiary/aromatic N) is 2. The predicted molar refractivity (Wildman–Crippen MR) is 73.8 cm³/mol. The molecule has 0 fully saturated rings. The van der Waals surface area contributed by atoms with E-state index in [1.165, 1.54) is 24.5 Å². The average molecular weight is 413 g/mol. The van der Waals surface area contributed by atoms with Crippen LogP contribution in [0.2, 0.25) is 0 Å². The van der Waals surface area contributed by atoms with Gasteiger partial charge in [0.2, 0.25) is 0 Å². The van der Waals surface area contributed by atoms with Crippen molar-refractivity contribution in [2.45, 2.75) is 6.36 Å². The predicted octanol–water partition coefficient (Wildman–Crippen LogP) is 4.64. The molecule has 0 unspecified atom stereocenters. The zero-order valence-electron chi connectivity index (χ0n) is 9.58. The summed E-state index contributed by atoms with van der Waals surface area (Å²) in [7, 11) is 0. The second kappa shape index (κ2) is 5.96. The van der Waals surface area contributed by atoms with E-state index in [1.54, 1.807) is 6.20 Å². The summed E-state index contributed by atoms with van der Waals surface area (Å²) in [5, 5.41) is 2.94. The number of nitrogens with one attached hydrogen (secondary N) is 1. The fourth-order valence-corrected chi connectivity index (χ4v) is 2.11. The first-order valence-electron chi connectivity index (χ1n) is 5.13. The van der Waals surface area contributed by atoms with Gasteiger partial charge in [-0.1, -0.05) is 0 Å². The van der Waals surface area contributed by atoms with Crippen molar-refractivity contribution >= 4 is 43.4 Å². The number of ether oxygens (including phenoxy) is 1. The van der Waals surface area contributed by atoms with Crippen molar-refractivity contribution in [1.82, 2.24) is 9.97 Å². The third-order valence-electron chi connectivity index (χ3n) is 2.09. The van der Waals surface area contributed by atoms with E-state index in [9.17, 15) is 13.2 Å². The number of aromatic nitrogens is 2. The normalized spacial score (nSPS) is 11.2. The number of hydrogen-bond donors (Lipinski definition) is 1. The number of alkyl halides is 3. The van der Waals surface area contributed by atoms with Gasteiger partial charge in [-0.15, -0.1) is 13.2 Å². The summed E-state index contributed by atoms with van der Waals surface area (Å²) in [6, 6.07) is 4.10. The Labute approximate surface area is 128 Å². The van der Waals surface area contributed by atoms with Gasteiger partial charge in [0, 0.05) is 11.9 Å². The molecule has 20 heavy (non-hydrogen) atoms. The lowest BCUT2D eigenvalue weighted by Gasteiger charge is -2.12. The van der Waals surface area contributed by atoms with Gasteiger partial charge >= 0.3 is 6.36 Å². The zero-order valence-corrected chi connectivity index (χ0v) is 12.8. The molecule has 1 aromatic heterocycles. The van der Waals surface area contributed by atoms with Crippen LogP contribution in [0, 0.1) is 0 Å². The van der Waals surface area contributed by atoms with Crippen molar-refractivity contribution in [3.63, 3.8) is 0 Å². The van der Waals surface area contributed by atoms with E-state index < -0.39 is 6.36 Å². The van der Waals surface area contributed by atoms with Crippen LogP contribution in [0.25, 0.3) is 0 Å². The van der Waals surface area contributed by atoms with Crippen molar-refractivity contribution in [1.29, 1.82) is 0 Å². The number of rotatable bonds is 3. The summed E-state index contributed by atoms with van der Waals surface area (Å²) in [4.78, 5) is 7.80. The zero-order chi connectivity index (χ0) is 14.8. The van der Waals surface area contributed by atoms with Crippen molar-refractivity contribution < 1.29 is 17.9 Å². The third-order valence-corrected chi connectivity index (χ3v) is 3.29. The van der Waals surface area contributed by atoms with Gasteiger partial charge in [0.1, 0.15) is 17.9 Å². The monoisotopic (exact) mass is 411 g/mol. The fourth-order valence-electron chi connectivity index (χ4n) is 1.33. The summed E-state index contributed by atoms with van der Waals surface area (Å²) >= 11 is 6.28. The largest absolute Gasteiger partial charge is 0.573 e. The topological polar surface area (TPSA) is 47.0 Å². The molecule has 106 valence electrons. The molecule has 0 aliphatic rings. The van der Waals surface area contributed by atoms with Crippen LogP contribution in [0.3, 0.4) is 0 Å². The van der Waals surface area contributed by atoms with Crippen LogP contribution in [-0.4, -0.2) is 16.3 Å². The Balaban J connectivity index is 2.19. The maximum Gasteiger partial charge on any atom is 0.573 e. The molecule has 0 saturated carbocycles. The maximum absolute atomic E-state index is 12.1. The highest BCUT2D eigenvalue weighted by Gasteiger charge is 2.31. The van der Waals surface area contributed by atoms with Crippen LogP contribution >= 0.6 is 31.9 Å². The molecule has 0 radical (unpaired) electrons. The molecule has 1 heterocycles. The van der Waals surface area contributed by atoms with E-state index >= 15 is 0 Å². The SMILES string of the molecule is FC(F)(F)Oc1ccc(Nc2ncncc2Br)cc1Br. The van der Waals surface area contributed by atoms with E-state index in [0.29, 0.717) is 16.0 Å². The Morgan fingerprint density at radius 3 is 2.50 bits per heavy atom. The molecule has 0 spiro atoms. The van der Waals surface area contributed by atoms with Gasteiger partial charge in [-0.25, -0.2) is 9.97 Å². The van der Waals surface area contributed by atoms with Gasteiger partial charge in [0.05, 0.1) is 8.95 Å². The molecule has 0 aliphatic carbocycles. The van der Waals surface area contributed by atoms with Gasteiger partial charge in [0.15, 0.2) is 0 Å². The standard InChI is InChI=1S/C11H6Br2F3N3O/c12-7-3-6(1-2-9(7)20-11(14,15)16)19-10-8(13)4-17-5-18-10/h1-5H,(H,17,18,19). The van der Waals surface area contributed by atoms with Gasteiger partial charge < -0.3 is 10.1 Å². The third kappa shape index (κ3) is 4.07. The molecule has 0 atom stereocenters. The summed E-state index contributed by atoms with van der Waals surface area (Å²) < 4.78 is 41.1. The summed E-state index contributed by atoms with van der Waals surface area (Å²) in [6.45, 7) is 0. The first-order valence-corrected chi connectivity index (χ1v) is 6.71. The lowest BCUT2D eigenvalue weighted by Crippen LogP contribution is -2.17. The molecule has 2 aromatic rings. The molecule has 9 heteroatoms. The molecule has 1 aromatic carbocycles. The Hall–Kier alpha value is -1.35. The van der Waals surface area contributed by atoms with Crippen molar-refractivity contribution in [2.75, 3.05) is 5.32 Å². The number of benzene rings is 1. The van der Waals surface area contributed by atoms with Gasteiger partial charge in [-0.05, 0) is 50.1 Å². The molecule has 0 bridgehead atoms. The van der Waals surface area contributed by atoms with Gasteiger partial charge in [-0.2, -0.15) is 0 Å². The first kappa shape index (κ1) is 15.0. The minimum Gasteiger partial charge on any atom is -0.405 e. The molecule has 0 saturated heterocycles. The highest BCUT2D eigenvalue weighted by molar-refractivity contribution is 9.11. The highest BCUT2D eigenvalue weighted by atomic mass is 79.9. The van der Waals surface area contributed by atoms with Crippen molar-refractivity contribution in [3.05, 3.63) is 39.7 Å². The van der Waals surface area contributed by atoms with Crippen molar-refractivity contribution in [3.8, 4) is 5.75 Å². The second-order valence-electron chi connectivity index (χ2n) is 3.54. The van der Waals surface area contributed by atoms with Crippen LogP contribution in [0.5, 0.6) is 5.75 Å². The van der Waals surface area contributed by atoms with E-state index in [0.717, 1.165) is 0 Å². The average Bonchev–Trinajstić information content (AvgIpc) is 2.34. The maximum atomic E-state index is 12.1. The number of anilines is 2. The van der Waals surface area contributed by atoms with E-state index in [1.807, 2.05) is 0 Å². The highest BCUT2D eigenvalue weighted by Crippen LogP contribution is 2.33. The second-order valence-corrected chi connectivity index (χ2v) is 5.25. The molecule has 1 N–H and O–H groups in total. The lowest BCUT2D eigenvalue weighted by molar-refractivity contribution is -0.274. The molecule has 2 rings (SSSR count). The fraction of sp³-hybridized carbons (Fsp3) is 0.0909. The Morgan fingerprint density at radius 1 is 1.15 bits per heavy atom. The summed E-state index contributed by atoms with van der Waals surface area (Å²) in [5.74, 6) is 0.182. The Kier molecular flexibility index (Phi) is 4.48. The number of hydrogen-bond acceptors (Lipinski definition) is 4. The van der Waals surface area contributed by atoms with Crippen LogP contribution in [-0.2, 0) is 0 Å². The van der Waals surface area contributed by atoms with Crippen LogP contribution in [0.1, 0.15) is 0 Å². The van der Waals surface area contributed by atoms with Crippen LogP contribution < -0.4 is 10.1 Å². The minimum atomic E-state index is -4.73. The lowest BCUT2D eigenvalue weighted by atomic mass is 10.3. The molecule has 0 amide bonds. The first-order chi connectivity index (χ1) is 9.35. The number of halogens is 5. The van der Waals surface area contributed by atoms with Crippen LogP contribution in [0.15, 0.2) is 39.7 Å².